The molecule has 0 unspecified atom stereocenters. The lowest BCUT2D eigenvalue weighted by molar-refractivity contribution is 0.0954. The summed E-state index contributed by atoms with van der Waals surface area (Å²) < 4.78 is 5.74. The Morgan fingerprint density at radius 2 is 1.43 bits per heavy atom. The van der Waals surface area contributed by atoms with Crippen molar-refractivity contribution < 1.29 is 19.4 Å². The Labute approximate surface area is 178 Å². The molecule has 0 spiro atoms. The van der Waals surface area contributed by atoms with Crippen LogP contribution in [0.4, 0.5) is 0 Å². The van der Waals surface area contributed by atoms with E-state index in [2.05, 4.69) is 10.6 Å². The number of amides is 2. The number of phenolic OH excluding ortho intramolecular Hbond substituents is 1. The molecule has 7 heteroatoms. The minimum atomic E-state index is -0.182. The maximum atomic E-state index is 11.7. The molecule has 2 heterocycles. The minimum Gasteiger partial charge on any atom is -0.507 e. The summed E-state index contributed by atoms with van der Waals surface area (Å²) in [4.78, 5) is 22.7. The molecule has 0 fully saturated rings. The second kappa shape index (κ2) is 8.47. The number of carbonyl (C=O) groups is 2. The van der Waals surface area contributed by atoms with Crippen molar-refractivity contribution in [1.82, 2.24) is 10.6 Å². The SMILES string of the molecule is O=C1NCc2cccc(O)c21.O=C1NCc2cccc(OCc3ccc(Cl)cc3)c21. The van der Waals surface area contributed by atoms with Crippen LogP contribution in [0, 0.1) is 0 Å². The third kappa shape index (κ3) is 4.09. The maximum Gasteiger partial charge on any atom is 0.255 e. The highest BCUT2D eigenvalue weighted by molar-refractivity contribution is 6.30. The van der Waals surface area contributed by atoms with Gasteiger partial charge in [-0.2, -0.15) is 0 Å². The first-order valence-electron chi connectivity index (χ1n) is 9.39. The summed E-state index contributed by atoms with van der Waals surface area (Å²) in [7, 11) is 0. The van der Waals surface area contributed by atoms with E-state index >= 15 is 0 Å². The highest BCUT2D eigenvalue weighted by atomic mass is 35.5. The van der Waals surface area contributed by atoms with Gasteiger partial charge in [-0.05, 0) is 41.0 Å². The summed E-state index contributed by atoms with van der Waals surface area (Å²) in [5, 5.41) is 15.4. The Bertz CT molecular complexity index is 1110. The lowest BCUT2D eigenvalue weighted by Crippen LogP contribution is -2.13. The van der Waals surface area contributed by atoms with Gasteiger partial charge in [0.2, 0.25) is 0 Å². The number of aromatic hydroxyl groups is 1. The van der Waals surface area contributed by atoms with Crippen LogP contribution in [-0.4, -0.2) is 16.9 Å². The van der Waals surface area contributed by atoms with Crippen LogP contribution in [0.1, 0.15) is 37.4 Å². The molecule has 5 rings (SSSR count). The summed E-state index contributed by atoms with van der Waals surface area (Å²) in [6.45, 7) is 1.52. The highest BCUT2D eigenvalue weighted by Gasteiger charge is 2.23. The first-order valence-corrected chi connectivity index (χ1v) is 9.77. The first-order chi connectivity index (χ1) is 14.5. The molecule has 2 aliphatic rings. The molecular weight excluding hydrogens is 404 g/mol. The Morgan fingerprint density at radius 1 is 0.833 bits per heavy atom. The van der Waals surface area contributed by atoms with Crippen molar-refractivity contribution in [2.45, 2.75) is 19.7 Å². The molecule has 0 saturated carbocycles. The zero-order chi connectivity index (χ0) is 21.1. The average molecular weight is 423 g/mol. The third-order valence-electron chi connectivity index (χ3n) is 4.88. The van der Waals surface area contributed by atoms with Crippen molar-refractivity contribution >= 4 is 23.4 Å². The topological polar surface area (TPSA) is 87.7 Å². The molecule has 0 saturated heterocycles. The largest absolute Gasteiger partial charge is 0.507 e. The Morgan fingerprint density at radius 3 is 2.10 bits per heavy atom. The van der Waals surface area contributed by atoms with Crippen LogP contribution in [0.5, 0.6) is 11.5 Å². The van der Waals surface area contributed by atoms with Crippen LogP contribution in [0.15, 0.2) is 60.7 Å². The lowest BCUT2D eigenvalue weighted by Gasteiger charge is -2.09. The van der Waals surface area contributed by atoms with E-state index in [0.717, 1.165) is 16.7 Å². The van der Waals surface area contributed by atoms with Gasteiger partial charge in [0, 0.05) is 18.1 Å². The average Bonchev–Trinajstić information content (AvgIpc) is 3.32. The number of ether oxygens (including phenoxy) is 1. The van der Waals surface area contributed by atoms with Crippen molar-refractivity contribution in [3.8, 4) is 11.5 Å². The number of hydrogen-bond donors (Lipinski definition) is 3. The number of benzene rings is 3. The van der Waals surface area contributed by atoms with Crippen molar-refractivity contribution in [3.63, 3.8) is 0 Å². The van der Waals surface area contributed by atoms with E-state index < -0.39 is 0 Å². The number of rotatable bonds is 3. The van der Waals surface area contributed by atoms with Crippen molar-refractivity contribution in [2.75, 3.05) is 0 Å². The molecule has 152 valence electrons. The second-order valence-electron chi connectivity index (χ2n) is 6.88. The van der Waals surface area contributed by atoms with Gasteiger partial charge < -0.3 is 20.5 Å². The van der Waals surface area contributed by atoms with Gasteiger partial charge in [0.05, 0.1) is 11.1 Å². The summed E-state index contributed by atoms with van der Waals surface area (Å²) >= 11 is 5.83. The van der Waals surface area contributed by atoms with Crippen LogP contribution >= 0.6 is 11.6 Å². The van der Waals surface area contributed by atoms with E-state index in [1.807, 2.05) is 48.5 Å². The molecule has 2 amide bonds. The van der Waals surface area contributed by atoms with Crippen molar-refractivity contribution in [2.24, 2.45) is 0 Å². The number of hydrogen-bond acceptors (Lipinski definition) is 4. The molecule has 3 aromatic rings. The molecule has 0 radical (unpaired) electrons. The quantitative estimate of drug-likeness (QED) is 0.599. The Hall–Kier alpha value is -3.51. The predicted molar refractivity (Wildman–Crippen MR) is 113 cm³/mol. The van der Waals surface area contributed by atoms with E-state index in [9.17, 15) is 14.7 Å². The van der Waals surface area contributed by atoms with Gasteiger partial charge in [0.15, 0.2) is 0 Å². The van der Waals surface area contributed by atoms with Gasteiger partial charge in [-0.25, -0.2) is 0 Å². The molecular formula is C23H19ClN2O4. The normalized spacial score (nSPS) is 13.5. The maximum absolute atomic E-state index is 11.7. The number of fused-ring (bicyclic) bond motifs is 2. The van der Waals surface area contributed by atoms with Crippen LogP contribution in [0.3, 0.4) is 0 Å². The molecule has 3 aromatic carbocycles. The minimum absolute atomic E-state index is 0.0671. The Kier molecular flexibility index (Phi) is 5.59. The summed E-state index contributed by atoms with van der Waals surface area (Å²) in [6, 6.07) is 18.2. The third-order valence-corrected chi connectivity index (χ3v) is 5.13. The fraction of sp³-hybridized carbons (Fsp3) is 0.130. The van der Waals surface area contributed by atoms with E-state index in [1.165, 1.54) is 6.07 Å². The molecule has 6 nitrogen and oxygen atoms in total. The van der Waals surface area contributed by atoms with E-state index in [-0.39, 0.29) is 17.6 Å². The Balaban J connectivity index is 0.000000168. The highest BCUT2D eigenvalue weighted by Crippen LogP contribution is 2.27. The summed E-state index contributed by atoms with van der Waals surface area (Å²) in [6.07, 6.45) is 0. The van der Waals surface area contributed by atoms with Gasteiger partial charge >= 0.3 is 0 Å². The second-order valence-corrected chi connectivity index (χ2v) is 7.32. The number of carbonyl (C=O) groups excluding carboxylic acids is 2. The fourth-order valence-corrected chi connectivity index (χ4v) is 3.49. The van der Waals surface area contributed by atoms with Gasteiger partial charge in [0.25, 0.3) is 11.8 Å². The van der Waals surface area contributed by atoms with Crippen LogP contribution in [0.25, 0.3) is 0 Å². The van der Waals surface area contributed by atoms with Crippen LogP contribution in [-0.2, 0) is 19.7 Å². The van der Waals surface area contributed by atoms with Crippen LogP contribution in [0.2, 0.25) is 5.02 Å². The van der Waals surface area contributed by atoms with E-state index in [4.69, 9.17) is 16.3 Å². The molecule has 2 aliphatic heterocycles. The standard InChI is InChI=1S/C15H12ClNO2.C8H7NO2/c16-12-6-4-10(5-7-12)9-19-13-3-1-2-11-8-17-15(18)14(11)13;10-6-3-1-2-5-4-9-8(11)7(5)6/h1-7H,8-9H2,(H,17,18);1-3,10H,4H2,(H,9,11). The molecule has 30 heavy (non-hydrogen) atoms. The predicted octanol–water partition coefficient (Wildman–Crippen LogP) is 3.80. The summed E-state index contributed by atoms with van der Waals surface area (Å²) in [5.41, 5.74) is 3.94. The zero-order valence-electron chi connectivity index (χ0n) is 15.9. The first kappa shape index (κ1) is 19.8. The molecule has 3 N–H and O–H groups in total. The lowest BCUT2D eigenvalue weighted by atomic mass is 10.1. The van der Waals surface area contributed by atoms with Crippen LogP contribution < -0.4 is 15.4 Å². The number of phenols is 1. The molecule has 0 aliphatic carbocycles. The number of nitrogens with one attached hydrogen (secondary N) is 2. The van der Waals surface area contributed by atoms with E-state index in [1.54, 1.807) is 6.07 Å². The van der Waals surface area contributed by atoms with E-state index in [0.29, 0.717) is 41.6 Å². The number of halogens is 1. The van der Waals surface area contributed by atoms with Crippen molar-refractivity contribution in [1.29, 1.82) is 0 Å². The molecule has 0 aromatic heterocycles. The fourth-order valence-electron chi connectivity index (χ4n) is 3.37. The molecule has 0 bridgehead atoms. The zero-order valence-corrected chi connectivity index (χ0v) is 16.7. The van der Waals surface area contributed by atoms with Gasteiger partial charge in [-0.3, -0.25) is 9.59 Å². The van der Waals surface area contributed by atoms with Gasteiger partial charge in [-0.15, -0.1) is 0 Å². The smallest absolute Gasteiger partial charge is 0.255 e. The summed E-state index contributed by atoms with van der Waals surface area (Å²) in [5.74, 6) is 0.444. The monoisotopic (exact) mass is 422 g/mol. The molecule has 0 atom stereocenters. The van der Waals surface area contributed by atoms with Gasteiger partial charge in [0.1, 0.15) is 18.1 Å². The van der Waals surface area contributed by atoms with Crippen molar-refractivity contribution in [3.05, 3.63) is 93.5 Å². The van der Waals surface area contributed by atoms with Gasteiger partial charge in [-0.1, -0.05) is 48.0 Å².